The van der Waals surface area contributed by atoms with Crippen LogP contribution in [0.2, 0.25) is 0 Å². The van der Waals surface area contributed by atoms with Crippen molar-refractivity contribution < 1.29 is 28.9 Å². The number of rotatable bonds is 17. The average molecular weight is 689 g/mol. The van der Waals surface area contributed by atoms with Gasteiger partial charge < -0.3 is 18.8 Å². The van der Waals surface area contributed by atoms with E-state index in [4.69, 9.17) is 9.68 Å². The Labute approximate surface area is 297 Å². The van der Waals surface area contributed by atoms with Crippen molar-refractivity contribution in [3.63, 3.8) is 0 Å². The van der Waals surface area contributed by atoms with Crippen LogP contribution in [0, 0.1) is 0 Å². The summed E-state index contributed by atoms with van der Waals surface area (Å²) in [5, 5.41) is 9.51. The van der Waals surface area contributed by atoms with Gasteiger partial charge in [-0.15, -0.1) is 0 Å². The second-order valence-electron chi connectivity index (χ2n) is 12.4. The van der Waals surface area contributed by atoms with E-state index in [1.807, 2.05) is 61.0 Å². The first kappa shape index (κ1) is 36.6. The van der Waals surface area contributed by atoms with Gasteiger partial charge in [0.05, 0.1) is 22.3 Å². The Morgan fingerprint density at radius 3 is 2.04 bits per heavy atom. The van der Waals surface area contributed by atoms with E-state index in [1.165, 1.54) is 6.92 Å². The zero-order valence-corrected chi connectivity index (χ0v) is 29.7. The van der Waals surface area contributed by atoms with E-state index in [1.54, 1.807) is 42.6 Å². The predicted molar refractivity (Wildman–Crippen MR) is 200 cm³/mol. The first-order chi connectivity index (χ1) is 24.8. The molecule has 0 aliphatic rings. The summed E-state index contributed by atoms with van der Waals surface area (Å²) in [6.45, 7) is 8.04. The van der Waals surface area contributed by atoms with E-state index in [2.05, 4.69) is 21.8 Å². The van der Waals surface area contributed by atoms with Gasteiger partial charge in [-0.05, 0) is 69.0 Å². The molecule has 2 heterocycles. The van der Waals surface area contributed by atoms with E-state index in [0.717, 1.165) is 48.8 Å². The Morgan fingerprint density at radius 2 is 1.33 bits per heavy atom. The molecule has 2 aromatic heterocycles. The molecule has 0 spiro atoms. The number of fused-ring (bicyclic) bond motifs is 2. The molecule has 10 heteroatoms. The lowest BCUT2D eigenvalue weighted by Crippen LogP contribution is -2.17. The second-order valence-corrected chi connectivity index (χ2v) is 12.4. The zero-order chi connectivity index (χ0) is 36.3. The number of aromatic nitrogens is 2. The molecule has 51 heavy (non-hydrogen) atoms. The van der Waals surface area contributed by atoms with Gasteiger partial charge in [-0.2, -0.15) is 0 Å². The molecule has 0 saturated heterocycles. The number of Topliss-reactive ketones (excluding diaryl/α,β-unsaturated/α-hetero) is 2. The van der Waals surface area contributed by atoms with Crippen LogP contribution in [0.3, 0.4) is 0 Å². The van der Waals surface area contributed by atoms with Crippen LogP contribution >= 0.6 is 0 Å². The maximum Gasteiger partial charge on any atom is 0.365 e. The van der Waals surface area contributed by atoms with Crippen LogP contribution in [0.5, 0.6) is 0 Å². The lowest BCUT2D eigenvalue weighted by Gasteiger charge is -2.14. The molecular formula is C41H44N4O6. The summed E-state index contributed by atoms with van der Waals surface area (Å²) in [7, 11) is 0. The molecule has 10 nitrogen and oxygen atoms in total. The highest BCUT2D eigenvalue weighted by Crippen LogP contribution is 2.33. The summed E-state index contributed by atoms with van der Waals surface area (Å²) < 4.78 is 4.01. The molecule has 0 fully saturated rings. The summed E-state index contributed by atoms with van der Waals surface area (Å²) in [6, 6.07) is 21.7. The van der Waals surface area contributed by atoms with Gasteiger partial charge in [-0.1, -0.05) is 86.2 Å². The number of carbonyl (C=O) groups is 4. The molecule has 0 N–H and O–H groups in total. The zero-order valence-electron chi connectivity index (χ0n) is 29.7. The standard InChI is InChI=1S/C41H44N4O6/c1-5-8-10-14-21-35(42-50-28(4)46)39(47)32-23-24-37(38-31(32)25-26-44(38)7-3)45-27-33(30-19-15-16-22-36(30)45)40(48)34(20-9-6-2)43-51-41(49)29-17-12-11-13-18-29/h11-13,15-19,22-27H,5-10,14,20-21H2,1-4H3/b42-35+,43-34+. The molecule has 264 valence electrons. The third kappa shape index (κ3) is 8.40. The van der Waals surface area contributed by atoms with Gasteiger partial charge in [0.2, 0.25) is 11.6 Å². The van der Waals surface area contributed by atoms with E-state index in [0.29, 0.717) is 53.3 Å². The molecule has 0 atom stereocenters. The summed E-state index contributed by atoms with van der Waals surface area (Å²) in [5.41, 5.74) is 3.92. The Balaban J connectivity index is 1.58. The van der Waals surface area contributed by atoms with Crippen LogP contribution in [0.25, 0.3) is 27.5 Å². The second kappa shape index (κ2) is 17.3. The summed E-state index contributed by atoms with van der Waals surface area (Å²) >= 11 is 0. The molecule has 0 amide bonds. The number of unbranched alkanes of at least 4 members (excludes halogenated alkanes) is 4. The lowest BCUT2D eigenvalue weighted by atomic mass is 9.98. The van der Waals surface area contributed by atoms with Crippen molar-refractivity contribution >= 4 is 56.7 Å². The molecule has 0 radical (unpaired) electrons. The number of aryl methyl sites for hydroxylation is 1. The molecular weight excluding hydrogens is 644 g/mol. The third-order valence-electron chi connectivity index (χ3n) is 8.80. The Morgan fingerprint density at radius 1 is 0.667 bits per heavy atom. The van der Waals surface area contributed by atoms with Crippen molar-refractivity contribution in [2.24, 2.45) is 10.3 Å². The summed E-state index contributed by atoms with van der Waals surface area (Å²) in [4.78, 5) is 62.8. The average Bonchev–Trinajstić information content (AvgIpc) is 3.76. The first-order valence-corrected chi connectivity index (χ1v) is 17.7. The molecule has 0 bridgehead atoms. The van der Waals surface area contributed by atoms with Gasteiger partial charge >= 0.3 is 11.9 Å². The van der Waals surface area contributed by atoms with Crippen molar-refractivity contribution in [2.75, 3.05) is 0 Å². The number of benzene rings is 3. The number of nitrogens with zero attached hydrogens (tertiary/aromatic N) is 4. The lowest BCUT2D eigenvalue weighted by molar-refractivity contribution is -0.140. The van der Waals surface area contributed by atoms with Crippen molar-refractivity contribution in [3.05, 3.63) is 102 Å². The Kier molecular flexibility index (Phi) is 12.5. The van der Waals surface area contributed by atoms with Crippen LogP contribution in [-0.2, 0) is 21.0 Å². The number of hydrogen-bond acceptors (Lipinski definition) is 8. The first-order valence-electron chi connectivity index (χ1n) is 17.7. The van der Waals surface area contributed by atoms with Crippen LogP contribution in [0.15, 0.2) is 95.5 Å². The summed E-state index contributed by atoms with van der Waals surface area (Å²) in [5.74, 6) is -1.86. The van der Waals surface area contributed by atoms with Gasteiger partial charge in [0.1, 0.15) is 11.4 Å². The van der Waals surface area contributed by atoms with Crippen LogP contribution in [-0.4, -0.2) is 44.1 Å². The van der Waals surface area contributed by atoms with Crippen molar-refractivity contribution in [2.45, 2.75) is 85.6 Å². The quantitative estimate of drug-likeness (QED) is 0.0316. The molecule has 0 aliphatic heterocycles. The topological polar surface area (TPSA) is 121 Å². The number of hydrogen-bond donors (Lipinski definition) is 0. The molecule has 5 rings (SSSR count). The molecule has 5 aromatic rings. The van der Waals surface area contributed by atoms with Crippen molar-refractivity contribution in [1.82, 2.24) is 9.13 Å². The highest BCUT2D eigenvalue weighted by molar-refractivity contribution is 6.48. The fourth-order valence-electron chi connectivity index (χ4n) is 6.14. The van der Waals surface area contributed by atoms with Gasteiger partial charge in [-0.3, -0.25) is 9.59 Å². The smallest absolute Gasteiger partial charge is 0.346 e. The van der Waals surface area contributed by atoms with Gasteiger partial charge in [-0.25, -0.2) is 9.59 Å². The Hall–Kier alpha value is -5.64. The predicted octanol–water partition coefficient (Wildman–Crippen LogP) is 9.26. The Bertz CT molecular complexity index is 2100. The minimum atomic E-state index is -0.640. The van der Waals surface area contributed by atoms with Crippen LogP contribution < -0.4 is 0 Å². The van der Waals surface area contributed by atoms with E-state index in [9.17, 15) is 19.2 Å². The normalized spacial score (nSPS) is 12.0. The van der Waals surface area contributed by atoms with Gasteiger partial charge in [0, 0.05) is 47.8 Å². The summed E-state index contributed by atoms with van der Waals surface area (Å²) in [6.07, 6.45) is 9.73. The maximum atomic E-state index is 14.2. The maximum absolute atomic E-state index is 14.2. The molecule has 0 aliphatic carbocycles. The molecule has 0 unspecified atom stereocenters. The van der Waals surface area contributed by atoms with Gasteiger partial charge in [0.15, 0.2) is 0 Å². The highest BCUT2D eigenvalue weighted by Gasteiger charge is 2.25. The minimum Gasteiger partial charge on any atom is -0.346 e. The monoisotopic (exact) mass is 688 g/mol. The van der Waals surface area contributed by atoms with Crippen molar-refractivity contribution in [1.29, 1.82) is 0 Å². The van der Waals surface area contributed by atoms with Crippen LogP contribution in [0.1, 0.15) is 110 Å². The highest BCUT2D eigenvalue weighted by atomic mass is 16.7. The van der Waals surface area contributed by atoms with E-state index >= 15 is 0 Å². The van der Waals surface area contributed by atoms with E-state index in [-0.39, 0.29) is 23.0 Å². The number of para-hydroxylation sites is 1. The number of oxime groups is 2. The largest absolute Gasteiger partial charge is 0.365 e. The minimum absolute atomic E-state index is 0.158. The van der Waals surface area contributed by atoms with Crippen molar-refractivity contribution in [3.8, 4) is 5.69 Å². The molecule has 3 aromatic carbocycles. The van der Waals surface area contributed by atoms with Gasteiger partial charge in [0.25, 0.3) is 0 Å². The fourth-order valence-corrected chi connectivity index (χ4v) is 6.14. The van der Waals surface area contributed by atoms with E-state index < -0.39 is 11.9 Å². The van der Waals surface area contributed by atoms with Crippen LogP contribution in [0.4, 0.5) is 0 Å². The number of ketones is 2. The molecule has 0 saturated carbocycles. The fraction of sp³-hybridized carbons (Fsp3) is 0.317. The number of carbonyl (C=O) groups excluding carboxylic acids is 4. The SMILES string of the molecule is CCCCCC/C(=N\OC(C)=O)C(=O)c1ccc(-n2cc(C(=O)/C(CCCC)=N/OC(=O)c3ccccc3)c3ccccc32)c2c1ccn2CC. The third-order valence-corrected chi connectivity index (χ3v) is 8.80.